The van der Waals surface area contributed by atoms with Crippen LogP contribution in [0, 0.1) is 6.92 Å². The van der Waals surface area contributed by atoms with Crippen LogP contribution in [-0.2, 0) is 0 Å². The monoisotopic (exact) mass is 447 g/mol. The van der Waals surface area contributed by atoms with E-state index in [4.69, 9.17) is 9.47 Å². The van der Waals surface area contributed by atoms with Gasteiger partial charge in [0.15, 0.2) is 11.5 Å². The molecule has 0 bridgehead atoms. The Labute approximate surface area is 194 Å². The molecule has 2 N–H and O–H groups in total. The van der Waals surface area contributed by atoms with E-state index < -0.39 is 18.0 Å². The second-order valence-electron chi connectivity index (χ2n) is 8.86. The Bertz CT molecular complexity index is 1100. The van der Waals surface area contributed by atoms with E-state index in [1.807, 2.05) is 39.8 Å². The molecule has 3 aromatic rings. The van der Waals surface area contributed by atoms with Crippen LogP contribution in [-0.4, -0.2) is 29.1 Å². The number of aryl methyl sites for hydroxylation is 1. The highest BCUT2D eigenvalue weighted by Crippen LogP contribution is 2.32. The molecule has 0 aliphatic carbocycles. The molecule has 0 heterocycles. The second-order valence-corrected chi connectivity index (χ2v) is 8.86. The quantitative estimate of drug-likeness (QED) is 0.398. The van der Waals surface area contributed by atoms with Crippen LogP contribution in [0.25, 0.3) is 0 Å². The van der Waals surface area contributed by atoms with Crippen molar-refractivity contribution in [1.29, 1.82) is 0 Å². The molecular weight excluding hydrogens is 418 g/mol. The number of aliphatic hydroxyl groups excluding tert-OH is 1. The third-order valence-corrected chi connectivity index (χ3v) is 4.88. The summed E-state index contributed by atoms with van der Waals surface area (Å²) in [5.41, 5.74) is 2.10. The second kappa shape index (κ2) is 10.4. The highest BCUT2D eigenvalue weighted by Gasteiger charge is 2.20. The number of rotatable bonds is 7. The number of carbonyl (C=O) groups is 2. The molecule has 0 radical (unpaired) electrons. The average molecular weight is 448 g/mol. The van der Waals surface area contributed by atoms with E-state index >= 15 is 0 Å². The maximum Gasteiger partial charge on any atom is 0.343 e. The van der Waals surface area contributed by atoms with Gasteiger partial charge in [-0.3, -0.25) is 0 Å². The van der Waals surface area contributed by atoms with Gasteiger partial charge in [-0.2, -0.15) is 0 Å². The van der Waals surface area contributed by atoms with E-state index in [0.29, 0.717) is 23.2 Å². The van der Waals surface area contributed by atoms with Crippen LogP contribution in [0.4, 0.5) is 0 Å². The van der Waals surface area contributed by atoms with E-state index in [1.54, 1.807) is 48.5 Å². The number of carbonyl (C=O) groups excluding carboxylic acids is 2. The third-order valence-electron chi connectivity index (χ3n) is 4.88. The number of nitrogens with one attached hydrogen (secondary N) is 1. The van der Waals surface area contributed by atoms with Crippen LogP contribution >= 0.6 is 0 Å². The lowest BCUT2D eigenvalue weighted by atomic mass is 10.1. The Kier molecular flexibility index (Phi) is 7.63. The smallest absolute Gasteiger partial charge is 0.343 e. The van der Waals surface area contributed by atoms with Crippen molar-refractivity contribution in [2.45, 2.75) is 39.3 Å². The van der Waals surface area contributed by atoms with E-state index in [1.165, 1.54) is 12.1 Å². The number of ether oxygens (including phenoxy) is 2. The molecular formula is C27H29NO5. The summed E-state index contributed by atoms with van der Waals surface area (Å²) in [6, 6.07) is 20.2. The van der Waals surface area contributed by atoms with Crippen LogP contribution in [0.3, 0.4) is 0 Å². The zero-order valence-electron chi connectivity index (χ0n) is 19.3. The number of benzene rings is 3. The molecule has 3 rings (SSSR count). The molecule has 6 nitrogen and oxygen atoms in total. The minimum atomic E-state index is -0.847. The van der Waals surface area contributed by atoms with Gasteiger partial charge in [-0.05, 0) is 69.7 Å². The van der Waals surface area contributed by atoms with Crippen molar-refractivity contribution in [2.75, 3.05) is 6.54 Å². The molecule has 0 spiro atoms. The van der Waals surface area contributed by atoms with E-state index in [0.717, 1.165) is 5.56 Å². The van der Waals surface area contributed by atoms with E-state index in [2.05, 4.69) is 5.32 Å². The van der Waals surface area contributed by atoms with Crippen molar-refractivity contribution in [2.24, 2.45) is 0 Å². The van der Waals surface area contributed by atoms with Gasteiger partial charge in [0.25, 0.3) is 0 Å². The van der Waals surface area contributed by atoms with Crippen molar-refractivity contribution >= 4 is 11.9 Å². The zero-order valence-corrected chi connectivity index (χ0v) is 19.3. The van der Waals surface area contributed by atoms with Gasteiger partial charge in [0.05, 0.1) is 17.2 Å². The maximum atomic E-state index is 12.7. The molecule has 0 aromatic heterocycles. The number of esters is 2. The summed E-state index contributed by atoms with van der Waals surface area (Å²) in [6.45, 7) is 8.23. The van der Waals surface area contributed by atoms with E-state index in [9.17, 15) is 14.7 Å². The van der Waals surface area contributed by atoms with Crippen LogP contribution in [0.1, 0.15) is 58.7 Å². The fraction of sp³-hybridized carbons (Fsp3) is 0.259. The molecule has 6 heteroatoms. The standard InChI is InChI=1S/C27H29NO5/c1-18-10-12-20(13-11-18)26(31)32-23-15-14-21(22(29)17-28-27(2,3)4)16-24(23)33-25(30)19-8-6-5-7-9-19/h5-16,22,28-29H,17H2,1-4H3. The lowest BCUT2D eigenvalue weighted by molar-refractivity contribution is 0.0681. The number of aliphatic hydroxyl groups is 1. The van der Waals surface area contributed by atoms with Gasteiger partial charge in [0, 0.05) is 12.1 Å². The lowest BCUT2D eigenvalue weighted by Gasteiger charge is -2.23. The van der Waals surface area contributed by atoms with Crippen molar-refractivity contribution in [3.05, 3.63) is 95.1 Å². The van der Waals surface area contributed by atoms with Gasteiger partial charge in [0.1, 0.15) is 0 Å². The van der Waals surface area contributed by atoms with Crippen LogP contribution in [0.5, 0.6) is 11.5 Å². The first-order valence-corrected chi connectivity index (χ1v) is 10.8. The van der Waals surface area contributed by atoms with E-state index in [-0.39, 0.29) is 17.0 Å². The Balaban J connectivity index is 1.87. The van der Waals surface area contributed by atoms with Gasteiger partial charge < -0.3 is 19.9 Å². The minimum absolute atomic E-state index is 0.0524. The van der Waals surface area contributed by atoms with Gasteiger partial charge in [-0.1, -0.05) is 42.0 Å². The Morgan fingerprint density at radius 1 is 0.848 bits per heavy atom. The normalized spacial score (nSPS) is 12.2. The summed E-state index contributed by atoms with van der Waals surface area (Å²) < 4.78 is 11.1. The van der Waals surface area contributed by atoms with Crippen LogP contribution in [0.2, 0.25) is 0 Å². The predicted molar refractivity (Wildman–Crippen MR) is 127 cm³/mol. The third kappa shape index (κ3) is 7.00. The minimum Gasteiger partial charge on any atom is -0.419 e. The van der Waals surface area contributed by atoms with Crippen molar-refractivity contribution in [3.8, 4) is 11.5 Å². The fourth-order valence-corrected chi connectivity index (χ4v) is 3.00. The van der Waals surface area contributed by atoms with Gasteiger partial charge >= 0.3 is 11.9 Å². The topological polar surface area (TPSA) is 84.9 Å². The highest BCUT2D eigenvalue weighted by molar-refractivity contribution is 5.93. The van der Waals surface area contributed by atoms with Gasteiger partial charge in [0.2, 0.25) is 0 Å². The molecule has 0 saturated carbocycles. The Morgan fingerprint density at radius 2 is 1.42 bits per heavy atom. The molecule has 3 aromatic carbocycles. The number of hydrogen-bond acceptors (Lipinski definition) is 6. The first-order valence-electron chi connectivity index (χ1n) is 10.8. The highest BCUT2D eigenvalue weighted by atomic mass is 16.6. The van der Waals surface area contributed by atoms with Crippen molar-refractivity contribution in [1.82, 2.24) is 5.32 Å². The van der Waals surface area contributed by atoms with Crippen LogP contribution < -0.4 is 14.8 Å². The van der Waals surface area contributed by atoms with Crippen LogP contribution in [0.15, 0.2) is 72.8 Å². The summed E-state index contributed by atoms with van der Waals surface area (Å²) in [7, 11) is 0. The Hall–Kier alpha value is -3.48. The molecule has 0 aliphatic heterocycles. The molecule has 1 unspecified atom stereocenters. The zero-order chi connectivity index (χ0) is 24.0. The molecule has 1 atom stereocenters. The summed E-state index contributed by atoms with van der Waals surface area (Å²) >= 11 is 0. The molecule has 0 aliphatic rings. The molecule has 0 amide bonds. The number of hydrogen-bond donors (Lipinski definition) is 2. The summed E-state index contributed by atoms with van der Waals surface area (Å²) in [4.78, 5) is 25.3. The molecule has 0 saturated heterocycles. The maximum absolute atomic E-state index is 12.7. The predicted octanol–water partition coefficient (Wildman–Crippen LogP) is 4.85. The first kappa shape index (κ1) is 24.2. The largest absolute Gasteiger partial charge is 0.419 e. The molecule has 33 heavy (non-hydrogen) atoms. The Morgan fingerprint density at radius 3 is 2.03 bits per heavy atom. The molecule has 172 valence electrons. The van der Waals surface area contributed by atoms with Crippen molar-refractivity contribution in [3.63, 3.8) is 0 Å². The lowest BCUT2D eigenvalue weighted by Crippen LogP contribution is -2.38. The average Bonchev–Trinajstić information content (AvgIpc) is 2.79. The van der Waals surface area contributed by atoms with Gasteiger partial charge in [-0.25, -0.2) is 9.59 Å². The summed E-state index contributed by atoms with van der Waals surface area (Å²) in [6.07, 6.45) is -0.847. The SMILES string of the molecule is Cc1ccc(C(=O)Oc2ccc(C(O)CNC(C)(C)C)cc2OC(=O)c2ccccc2)cc1. The fourth-order valence-electron chi connectivity index (χ4n) is 3.00. The first-order chi connectivity index (χ1) is 15.6. The van der Waals surface area contributed by atoms with Crippen molar-refractivity contribution < 1.29 is 24.2 Å². The molecule has 0 fully saturated rings. The number of β-amino-alcohol motifs (C(OH)–C–C–N with tert-alkyl or cyclic N) is 1. The summed E-state index contributed by atoms with van der Waals surface area (Å²) in [5.74, 6) is -1.03. The summed E-state index contributed by atoms with van der Waals surface area (Å²) in [5, 5.41) is 13.9. The van der Waals surface area contributed by atoms with Gasteiger partial charge in [-0.15, -0.1) is 0 Å².